The number of aliphatic hydroxyl groups is 1. The smallest absolute Gasteiger partial charge is 0.157 e. The van der Waals surface area contributed by atoms with Crippen molar-refractivity contribution in [2.75, 3.05) is 6.61 Å². The van der Waals surface area contributed by atoms with E-state index < -0.39 is 13.8 Å². The minimum absolute atomic E-state index is 0.370. The summed E-state index contributed by atoms with van der Waals surface area (Å²) >= 11 is 6.79. The van der Waals surface area contributed by atoms with Crippen LogP contribution in [-0.2, 0) is 17.2 Å². The van der Waals surface area contributed by atoms with Crippen LogP contribution in [0.15, 0.2) is 48.9 Å². The summed E-state index contributed by atoms with van der Waals surface area (Å²) in [6.45, 7) is 10.3. The molecule has 3 aromatic heterocycles. The molecule has 0 radical (unpaired) electrons. The zero-order valence-corrected chi connectivity index (χ0v) is 24.9. The molecule has 6 rings (SSSR count). The van der Waals surface area contributed by atoms with E-state index in [1.807, 2.05) is 31.2 Å². The highest BCUT2D eigenvalue weighted by Gasteiger charge is 2.37. The van der Waals surface area contributed by atoms with Crippen molar-refractivity contribution in [2.45, 2.75) is 64.3 Å². The van der Waals surface area contributed by atoms with E-state index in [1.54, 1.807) is 29.3 Å². The third-order valence-corrected chi connectivity index (χ3v) is 9.50. The first-order valence-electron chi connectivity index (χ1n) is 13.6. The second kappa shape index (κ2) is 10.3. The summed E-state index contributed by atoms with van der Waals surface area (Å²) in [6.07, 6.45) is 7.56. The number of nitrogens with zero attached hydrogens (tertiary/aromatic N) is 6. The van der Waals surface area contributed by atoms with Gasteiger partial charge in [-0.15, -0.1) is 0 Å². The van der Waals surface area contributed by atoms with Crippen LogP contribution < -0.4 is 4.74 Å². The SMILES string of the molecule is Cc1nc2cc(Oc3ccc4ncc(-c5cnn(C6(O)CCC6)c5)nc4c3Cl)ccc2n1COCC[Si](C)(C)C. The third kappa shape index (κ3) is 5.24. The number of imidazole rings is 1. The van der Waals surface area contributed by atoms with Crippen molar-refractivity contribution in [1.29, 1.82) is 0 Å². The topological polar surface area (TPSA) is 100 Å². The number of rotatable bonds is 9. The lowest BCUT2D eigenvalue weighted by Crippen LogP contribution is -2.40. The molecule has 9 nitrogen and oxygen atoms in total. The molecule has 0 aliphatic heterocycles. The van der Waals surface area contributed by atoms with Crippen molar-refractivity contribution in [2.24, 2.45) is 0 Å². The Balaban J connectivity index is 1.23. The van der Waals surface area contributed by atoms with Gasteiger partial charge in [0.05, 0.1) is 34.6 Å². The number of aryl methyl sites for hydroxylation is 1. The molecule has 5 aromatic rings. The van der Waals surface area contributed by atoms with Gasteiger partial charge < -0.3 is 19.1 Å². The summed E-state index contributed by atoms with van der Waals surface area (Å²) in [5.74, 6) is 1.99. The largest absolute Gasteiger partial charge is 0.456 e. The van der Waals surface area contributed by atoms with Gasteiger partial charge in [-0.2, -0.15) is 5.10 Å². The summed E-state index contributed by atoms with van der Waals surface area (Å²) in [5.41, 5.74) is 3.48. The van der Waals surface area contributed by atoms with Crippen LogP contribution in [0.3, 0.4) is 0 Å². The molecule has 0 bridgehead atoms. The van der Waals surface area contributed by atoms with Gasteiger partial charge in [0.15, 0.2) is 5.72 Å². The summed E-state index contributed by atoms with van der Waals surface area (Å²) in [4.78, 5) is 14.0. The van der Waals surface area contributed by atoms with Gasteiger partial charge >= 0.3 is 0 Å². The van der Waals surface area contributed by atoms with E-state index in [0.29, 0.717) is 52.8 Å². The molecule has 1 aliphatic carbocycles. The van der Waals surface area contributed by atoms with Crippen molar-refractivity contribution in [3.05, 3.63) is 59.8 Å². The maximum Gasteiger partial charge on any atom is 0.157 e. The molecule has 1 aliphatic rings. The minimum Gasteiger partial charge on any atom is -0.456 e. The van der Waals surface area contributed by atoms with E-state index in [-0.39, 0.29) is 0 Å². The van der Waals surface area contributed by atoms with Gasteiger partial charge in [-0.1, -0.05) is 31.2 Å². The summed E-state index contributed by atoms with van der Waals surface area (Å²) in [7, 11) is -1.14. The molecule has 40 heavy (non-hydrogen) atoms. The van der Waals surface area contributed by atoms with Crippen LogP contribution in [0.5, 0.6) is 11.5 Å². The average Bonchev–Trinajstić information content (AvgIpc) is 3.51. The highest BCUT2D eigenvalue weighted by atomic mass is 35.5. The lowest BCUT2D eigenvalue weighted by atomic mass is 9.88. The molecule has 0 unspecified atom stereocenters. The Kier molecular flexibility index (Phi) is 6.90. The fraction of sp³-hybridized carbons (Fsp3) is 0.379. The standard InChI is InChI=1S/C29H33ClN6O3Si/c1-19-33-23-14-21(6-8-25(23)35(19)18-38-12-13-40(2,3)4)39-26-9-7-22-28(27(26)30)34-24(16-31-22)20-15-32-36(17-20)29(37)10-5-11-29/h6-9,14-17,37H,5,10-13,18H2,1-4H3. The minimum atomic E-state index is -1.14. The second-order valence-corrected chi connectivity index (χ2v) is 17.7. The zero-order valence-electron chi connectivity index (χ0n) is 23.2. The van der Waals surface area contributed by atoms with E-state index in [9.17, 15) is 5.11 Å². The van der Waals surface area contributed by atoms with Gasteiger partial charge in [0.1, 0.15) is 34.6 Å². The van der Waals surface area contributed by atoms with Crippen LogP contribution in [0, 0.1) is 6.92 Å². The van der Waals surface area contributed by atoms with Crippen LogP contribution in [0.25, 0.3) is 33.3 Å². The summed E-state index contributed by atoms with van der Waals surface area (Å²) < 4.78 is 15.9. The maximum atomic E-state index is 10.6. The first-order valence-corrected chi connectivity index (χ1v) is 17.6. The first-order chi connectivity index (χ1) is 19.1. The number of hydrogen-bond donors (Lipinski definition) is 1. The maximum absolute atomic E-state index is 10.6. The third-order valence-electron chi connectivity index (χ3n) is 7.43. The highest BCUT2D eigenvalue weighted by molar-refractivity contribution is 6.76. The Hall–Kier alpha value is -3.31. The molecule has 3 heterocycles. The first kappa shape index (κ1) is 26.9. The average molecular weight is 577 g/mol. The van der Waals surface area contributed by atoms with E-state index in [0.717, 1.165) is 41.5 Å². The molecule has 1 saturated carbocycles. The number of aromatic nitrogens is 6. The van der Waals surface area contributed by atoms with Gasteiger partial charge in [0.25, 0.3) is 0 Å². The van der Waals surface area contributed by atoms with Crippen LogP contribution in [0.4, 0.5) is 0 Å². The molecule has 0 spiro atoms. The molecular weight excluding hydrogens is 544 g/mol. The lowest BCUT2D eigenvalue weighted by Gasteiger charge is -2.36. The quantitative estimate of drug-likeness (QED) is 0.153. The molecular formula is C29H33ClN6O3Si. The second-order valence-electron chi connectivity index (χ2n) is 11.7. The molecule has 208 valence electrons. The summed E-state index contributed by atoms with van der Waals surface area (Å²) in [6, 6.07) is 10.6. The normalized spacial score (nSPS) is 15.1. The van der Waals surface area contributed by atoms with E-state index >= 15 is 0 Å². The fourth-order valence-electron chi connectivity index (χ4n) is 4.77. The van der Waals surface area contributed by atoms with Gasteiger partial charge in [-0.05, 0) is 56.5 Å². The molecule has 0 saturated heterocycles. The van der Waals surface area contributed by atoms with Gasteiger partial charge in [-0.3, -0.25) is 4.98 Å². The van der Waals surface area contributed by atoms with Gasteiger partial charge in [-0.25, -0.2) is 14.6 Å². The lowest BCUT2D eigenvalue weighted by molar-refractivity contribution is -0.116. The monoisotopic (exact) mass is 576 g/mol. The summed E-state index contributed by atoms with van der Waals surface area (Å²) in [5, 5.41) is 15.3. The molecule has 1 fully saturated rings. The van der Waals surface area contributed by atoms with Crippen LogP contribution in [-0.4, -0.2) is 49.1 Å². The Labute approximate surface area is 238 Å². The number of ether oxygens (including phenoxy) is 2. The zero-order chi connectivity index (χ0) is 28.1. The van der Waals surface area contributed by atoms with E-state index in [2.05, 4.69) is 34.3 Å². The Morgan fingerprint density at radius 2 is 1.90 bits per heavy atom. The Morgan fingerprint density at radius 1 is 1.07 bits per heavy atom. The Bertz CT molecular complexity index is 1710. The number of halogens is 1. The molecule has 0 amide bonds. The highest BCUT2D eigenvalue weighted by Crippen LogP contribution is 2.38. The predicted molar refractivity (Wildman–Crippen MR) is 158 cm³/mol. The van der Waals surface area contributed by atoms with Gasteiger partial charge in [0.2, 0.25) is 0 Å². The van der Waals surface area contributed by atoms with Crippen molar-refractivity contribution in [3.8, 4) is 22.8 Å². The van der Waals surface area contributed by atoms with Crippen molar-refractivity contribution >= 4 is 41.7 Å². The van der Waals surface area contributed by atoms with E-state index in [1.165, 1.54) is 0 Å². The van der Waals surface area contributed by atoms with Crippen molar-refractivity contribution < 1.29 is 14.6 Å². The molecule has 1 N–H and O–H groups in total. The van der Waals surface area contributed by atoms with Crippen LogP contribution in [0.1, 0.15) is 25.1 Å². The van der Waals surface area contributed by atoms with Gasteiger partial charge in [0, 0.05) is 32.5 Å². The predicted octanol–water partition coefficient (Wildman–Crippen LogP) is 6.74. The van der Waals surface area contributed by atoms with Crippen LogP contribution >= 0.6 is 11.6 Å². The fourth-order valence-corrected chi connectivity index (χ4v) is 5.76. The molecule has 2 aromatic carbocycles. The van der Waals surface area contributed by atoms with Crippen molar-refractivity contribution in [3.63, 3.8) is 0 Å². The molecule has 11 heteroatoms. The number of fused-ring (bicyclic) bond motifs is 2. The Morgan fingerprint density at radius 3 is 2.65 bits per heavy atom. The number of benzene rings is 2. The molecule has 0 atom stereocenters. The van der Waals surface area contributed by atoms with Crippen molar-refractivity contribution in [1.82, 2.24) is 29.3 Å². The van der Waals surface area contributed by atoms with Crippen LogP contribution in [0.2, 0.25) is 30.7 Å². The van der Waals surface area contributed by atoms with E-state index in [4.69, 9.17) is 31.0 Å². The number of hydrogen-bond acceptors (Lipinski definition) is 7.